The molecule has 1 N–H and O–H groups in total. The molecule has 0 aliphatic carbocycles. The monoisotopic (exact) mass is 326 g/mol. The van der Waals surface area contributed by atoms with Crippen LogP contribution >= 0.6 is 35.0 Å². The van der Waals surface area contributed by atoms with Gasteiger partial charge < -0.3 is 5.32 Å². The Bertz CT molecular complexity index is 573. The van der Waals surface area contributed by atoms with Crippen LogP contribution in [0.2, 0.25) is 10.0 Å². The Kier molecular flexibility index (Phi) is 5.71. The van der Waals surface area contributed by atoms with Gasteiger partial charge in [0.15, 0.2) is 0 Å². The molecule has 0 radical (unpaired) electrons. The summed E-state index contributed by atoms with van der Waals surface area (Å²) in [5.41, 5.74) is 1.14. The summed E-state index contributed by atoms with van der Waals surface area (Å²) in [6.45, 7) is 0. The molecule has 0 bridgehead atoms. The van der Waals surface area contributed by atoms with Gasteiger partial charge in [-0.2, -0.15) is 0 Å². The predicted molar refractivity (Wildman–Crippen MR) is 85.5 cm³/mol. The van der Waals surface area contributed by atoms with Crippen molar-refractivity contribution < 1.29 is 4.79 Å². The standard InChI is InChI=1S/C14H12Cl2N2OS/c15-11-3-1-10(2-4-11)8-20-9-14(19)18-13-6-5-12(16)7-17-13/h1-7H,8-9H2,(H,17,18,19). The zero-order chi connectivity index (χ0) is 14.4. The second-order valence-electron chi connectivity index (χ2n) is 4.03. The van der Waals surface area contributed by atoms with E-state index in [0.29, 0.717) is 21.6 Å². The Morgan fingerprint density at radius 3 is 2.45 bits per heavy atom. The Morgan fingerprint density at radius 1 is 1.10 bits per heavy atom. The lowest BCUT2D eigenvalue weighted by Crippen LogP contribution is -2.14. The first kappa shape index (κ1) is 15.2. The van der Waals surface area contributed by atoms with Crippen molar-refractivity contribution in [3.8, 4) is 0 Å². The molecule has 6 heteroatoms. The number of benzene rings is 1. The molecule has 1 heterocycles. The van der Waals surface area contributed by atoms with E-state index in [9.17, 15) is 4.79 Å². The third-order valence-corrected chi connectivity index (χ3v) is 3.89. The van der Waals surface area contributed by atoms with Crippen molar-refractivity contribution >= 4 is 46.7 Å². The Morgan fingerprint density at radius 2 is 1.80 bits per heavy atom. The number of thioether (sulfide) groups is 1. The zero-order valence-electron chi connectivity index (χ0n) is 10.5. The van der Waals surface area contributed by atoms with Gasteiger partial charge >= 0.3 is 0 Å². The normalized spacial score (nSPS) is 10.3. The third-order valence-electron chi connectivity index (χ3n) is 2.41. The van der Waals surface area contributed by atoms with E-state index < -0.39 is 0 Å². The summed E-state index contributed by atoms with van der Waals surface area (Å²) in [4.78, 5) is 15.7. The first-order valence-electron chi connectivity index (χ1n) is 5.87. The van der Waals surface area contributed by atoms with Crippen molar-refractivity contribution in [2.75, 3.05) is 11.1 Å². The zero-order valence-corrected chi connectivity index (χ0v) is 12.8. The van der Waals surface area contributed by atoms with E-state index in [1.54, 1.807) is 12.1 Å². The van der Waals surface area contributed by atoms with Gasteiger partial charge in [0, 0.05) is 17.0 Å². The van der Waals surface area contributed by atoms with Gasteiger partial charge in [-0.25, -0.2) is 4.98 Å². The van der Waals surface area contributed by atoms with Crippen LogP contribution in [-0.4, -0.2) is 16.6 Å². The first-order chi connectivity index (χ1) is 9.63. The third kappa shape index (κ3) is 5.04. The summed E-state index contributed by atoms with van der Waals surface area (Å²) in [5, 5.41) is 3.97. The van der Waals surface area contributed by atoms with Crippen molar-refractivity contribution in [2.45, 2.75) is 5.75 Å². The van der Waals surface area contributed by atoms with Crippen molar-refractivity contribution in [2.24, 2.45) is 0 Å². The van der Waals surface area contributed by atoms with E-state index in [4.69, 9.17) is 23.2 Å². The molecule has 0 unspecified atom stereocenters. The van der Waals surface area contributed by atoms with E-state index in [-0.39, 0.29) is 5.91 Å². The number of carbonyl (C=O) groups is 1. The second-order valence-corrected chi connectivity index (χ2v) is 5.89. The molecule has 1 aromatic heterocycles. The highest BCUT2D eigenvalue weighted by Gasteiger charge is 2.04. The number of nitrogens with zero attached hydrogens (tertiary/aromatic N) is 1. The molecule has 0 saturated carbocycles. The minimum Gasteiger partial charge on any atom is -0.310 e. The van der Waals surface area contributed by atoms with Crippen LogP contribution in [0.5, 0.6) is 0 Å². The summed E-state index contributed by atoms with van der Waals surface area (Å²) < 4.78 is 0. The first-order valence-corrected chi connectivity index (χ1v) is 7.78. The number of carbonyl (C=O) groups excluding carboxylic acids is 1. The van der Waals surface area contributed by atoms with Gasteiger partial charge in [-0.15, -0.1) is 11.8 Å². The fourth-order valence-electron chi connectivity index (χ4n) is 1.47. The van der Waals surface area contributed by atoms with Gasteiger partial charge in [0.1, 0.15) is 5.82 Å². The fourth-order valence-corrected chi connectivity index (χ4v) is 2.50. The smallest absolute Gasteiger partial charge is 0.235 e. The average Bonchev–Trinajstić information content (AvgIpc) is 2.44. The van der Waals surface area contributed by atoms with E-state index in [1.807, 2.05) is 24.3 Å². The number of amides is 1. The minimum absolute atomic E-state index is 0.0845. The highest BCUT2D eigenvalue weighted by molar-refractivity contribution is 7.99. The van der Waals surface area contributed by atoms with Crippen molar-refractivity contribution in [1.82, 2.24) is 4.98 Å². The van der Waals surface area contributed by atoms with E-state index in [1.165, 1.54) is 18.0 Å². The van der Waals surface area contributed by atoms with Crippen LogP contribution in [0.15, 0.2) is 42.6 Å². The molecular weight excluding hydrogens is 315 g/mol. The molecule has 2 aromatic rings. The molecule has 20 heavy (non-hydrogen) atoms. The maximum Gasteiger partial charge on any atom is 0.235 e. The van der Waals surface area contributed by atoms with Crippen LogP contribution in [0.4, 0.5) is 5.82 Å². The quantitative estimate of drug-likeness (QED) is 0.892. The molecule has 1 amide bonds. The number of pyridine rings is 1. The Hall–Kier alpha value is -1.23. The highest BCUT2D eigenvalue weighted by atomic mass is 35.5. The van der Waals surface area contributed by atoms with Gasteiger partial charge in [0.2, 0.25) is 5.91 Å². The molecule has 2 rings (SSSR count). The molecule has 3 nitrogen and oxygen atoms in total. The SMILES string of the molecule is O=C(CSCc1ccc(Cl)cc1)Nc1ccc(Cl)cn1. The summed E-state index contributed by atoms with van der Waals surface area (Å²) in [6.07, 6.45) is 1.50. The average molecular weight is 327 g/mol. The maximum absolute atomic E-state index is 11.7. The Balaban J connectivity index is 1.75. The molecule has 0 fully saturated rings. The van der Waals surface area contributed by atoms with E-state index in [0.717, 1.165) is 11.3 Å². The number of halogens is 2. The van der Waals surface area contributed by atoms with Gasteiger partial charge in [-0.05, 0) is 29.8 Å². The number of anilines is 1. The molecule has 0 aliphatic rings. The lowest BCUT2D eigenvalue weighted by molar-refractivity contribution is -0.113. The van der Waals surface area contributed by atoms with Crippen molar-refractivity contribution in [3.63, 3.8) is 0 Å². The number of hydrogen-bond donors (Lipinski definition) is 1. The topological polar surface area (TPSA) is 42.0 Å². The minimum atomic E-state index is -0.0845. The number of nitrogens with one attached hydrogen (secondary N) is 1. The lowest BCUT2D eigenvalue weighted by Gasteiger charge is -2.04. The summed E-state index contributed by atoms with van der Waals surface area (Å²) in [6, 6.07) is 10.9. The number of hydrogen-bond acceptors (Lipinski definition) is 3. The van der Waals surface area contributed by atoms with Crippen LogP contribution in [0, 0.1) is 0 Å². The van der Waals surface area contributed by atoms with E-state index >= 15 is 0 Å². The molecule has 0 spiro atoms. The maximum atomic E-state index is 11.7. The summed E-state index contributed by atoms with van der Waals surface area (Å²) in [5.74, 6) is 1.55. The van der Waals surface area contributed by atoms with Gasteiger partial charge in [0.05, 0.1) is 10.8 Å². The van der Waals surface area contributed by atoms with Crippen molar-refractivity contribution in [1.29, 1.82) is 0 Å². The molecule has 1 aromatic carbocycles. The summed E-state index contributed by atoms with van der Waals surface area (Å²) >= 11 is 13.1. The lowest BCUT2D eigenvalue weighted by atomic mass is 10.2. The molecule has 0 saturated heterocycles. The van der Waals surface area contributed by atoms with Crippen LogP contribution in [0.1, 0.15) is 5.56 Å². The highest BCUT2D eigenvalue weighted by Crippen LogP contribution is 2.16. The predicted octanol–water partition coefficient (Wildman–Crippen LogP) is 4.26. The van der Waals surface area contributed by atoms with Crippen LogP contribution in [0.25, 0.3) is 0 Å². The number of rotatable bonds is 5. The molecule has 104 valence electrons. The van der Waals surface area contributed by atoms with Crippen LogP contribution in [-0.2, 0) is 10.5 Å². The van der Waals surface area contributed by atoms with Gasteiger partial charge in [-0.1, -0.05) is 35.3 Å². The van der Waals surface area contributed by atoms with Crippen molar-refractivity contribution in [3.05, 3.63) is 58.2 Å². The fraction of sp³-hybridized carbons (Fsp3) is 0.143. The van der Waals surface area contributed by atoms with Gasteiger partial charge in [0.25, 0.3) is 0 Å². The van der Waals surface area contributed by atoms with Crippen LogP contribution < -0.4 is 5.32 Å². The van der Waals surface area contributed by atoms with Gasteiger partial charge in [-0.3, -0.25) is 4.79 Å². The van der Waals surface area contributed by atoms with E-state index in [2.05, 4.69) is 10.3 Å². The van der Waals surface area contributed by atoms with Crippen LogP contribution in [0.3, 0.4) is 0 Å². The molecular formula is C14H12Cl2N2OS. The number of aromatic nitrogens is 1. The summed E-state index contributed by atoms with van der Waals surface area (Å²) in [7, 11) is 0. The molecule has 0 aliphatic heterocycles. The second kappa shape index (κ2) is 7.53. The Labute approximate surface area is 131 Å². The largest absolute Gasteiger partial charge is 0.310 e. The molecule has 0 atom stereocenters.